The summed E-state index contributed by atoms with van der Waals surface area (Å²) in [6.07, 6.45) is 0. The Hall–Kier alpha value is -1.16. The number of hydrogen-bond donors (Lipinski definition) is 2. The summed E-state index contributed by atoms with van der Waals surface area (Å²) in [5.41, 5.74) is 5.42. The van der Waals surface area contributed by atoms with Crippen molar-refractivity contribution in [3.8, 4) is 0 Å². The molecule has 0 spiro atoms. The molecule has 3 N–H and O–H groups in total. The molecule has 0 saturated heterocycles. The fraction of sp³-hybridized carbons (Fsp3) is 0.231. The van der Waals surface area contributed by atoms with Gasteiger partial charge in [-0.05, 0) is 31.0 Å². The molecular weight excluding hydrogens is 216 g/mol. The Morgan fingerprint density at radius 2 is 1.88 bits per heavy atom. The molecule has 16 heavy (non-hydrogen) atoms. The maximum atomic E-state index is 5.65. The molecule has 1 aromatic heterocycles. The van der Waals surface area contributed by atoms with Crippen LogP contribution in [0.5, 0.6) is 0 Å². The number of hydrazine groups is 1. The standard InChI is InChI=1S/C13H16N2S/c1-9-8-12(16-10(9)2)13(15-14)11-6-4-3-5-7-11/h3-8,13,15H,14H2,1-2H3. The van der Waals surface area contributed by atoms with Crippen LogP contribution in [0.15, 0.2) is 36.4 Å². The van der Waals surface area contributed by atoms with Crippen molar-refractivity contribution >= 4 is 11.3 Å². The zero-order valence-corrected chi connectivity index (χ0v) is 10.3. The van der Waals surface area contributed by atoms with Crippen LogP contribution in [-0.4, -0.2) is 0 Å². The van der Waals surface area contributed by atoms with E-state index in [1.165, 1.54) is 20.9 Å². The highest BCUT2D eigenvalue weighted by atomic mass is 32.1. The van der Waals surface area contributed by atoms with Crippen molar-refractivity contribution in [2.45, 2.75) is 19.9 Å². The maximum Gasteiger partial charge on any atom is 0.0802 e. The van der Waals surface area contributed by atoms with Gasteiger partial charge in [0.25, 0.3) is 0 Å². The SMILES string of the molecule is Cc1cc(C(NN)c2ccccc2)sc1C. The number of aryl methyl sites for hydroxylation is 2. The van der Waals surface area contributed by atoms with Gasteiger partial charge in [-0.3, -0.25) is 5.84 Å². The molecule has 2 rings (SSSR count). The number of rotatable bonds is 3. The van der Waals surface area contributed by atoms with E-state index in [1.807, 2.05) is 18.2 Å². The molecule has 3 heteroatoms. The van der Waals surface area contributed by atoms with Crippen LogP contribution in [0.3, 0.4) is 0 Å². The normalized spacial score (nSPS) is 12.7. The largest absolute Gasteiger partial charge is 0.271 e. The van der Waals surface area contributed by atoms with Gasteiger partial charge in [0, 0.05) is 9.75 Å². The number of nitrogens with two attached hydrogens (primary N) is 1. The Kier molecular flexibility index (Phi) is 3.39. The van der Waals surface area contributed by atoms with Crippen LogP contribution in [0.2, 0.25) is 0 Å². The lowest BCUT2D eigenvalue weighted by molar-refractivity contribution is 0.646. The van der Waals surface area contributed by atoms with E-state index in [1.54, 1.807) is 11.3 Å². The van der Waals surface area contributed by atoms with Gasteiger partial charge in [0.15, 0.2) is 0 Å². The molecule has 1 unspecified atom stereocenters. The third-order valence-electron chi connectivity index (χ3n) is 2.77. The molecule has 0 radical (unpaired) electrons. The predicted molar refractivity (Wildman–Crippen MR) is 69.4 cm³/mol. The van der Waals surface area contributed by atoms with Gasteiger partial charge >= 0.3 is 0 Å². The van der Waals surface area contributed by atoms with Crippen LogP contribution in [-0.2, 0) is 0 Å². The van der Waals surface area contributed by atoms with Gasteiger partial charge in [-0.1, -0.05) is 30.3 Å². The Morgan fingerprint density at radius 3 is 2.38 bits per heavy atom. The average Bonchev–Trinajstić information content (AvgIpc) is 2.61. The molecular formula is C13H16N2S. The highest BCUT2D eigenvalue weighted by molar-refractivity contribution is 7.12. The van der Waals surface area contributed by atoms with Gasteiger partial charge in [0.05, 0.1) is 6.04 Å². The second-order valence-corrected chi connectivity index (χ2v) is 5.19. The zero-order chi connectivity index (χ0) is 11.5. The monoisotopic (exact) mass is 232 g/mol. The predicted octanol–water partition coefficient (Wildman–Crippen LogP) is 2.92. The van der Waals surface area contributed by atoms with Crippen LogP contribution in [0, 0.1) is 13.8 Å². The minimum atomic E-state index is 0.0959. The molecule has 0 aliphatic rings. The lowest BCUT2D eigenvalue weighted by atomic mass is 10.1. The molecule has 0 aliphatic carbocycles. The van der Waals surface area contributed by atoms with Crippen molar-refractivity contribution in [1.29, 1.82) is 0 Å². The van der Waals surface area contributed by atoms with Gasteiger partial charge < -0.3 is 0 Å². The highest BCUT2D eigenvalue weighted by Gasteiger charge is 2.14. The van der Waals surface area contributed by atoms with E-state index in [-0.39, 0.29) is 6.04 Å². The third kappa shape index (κ3) is 2.16. The summed E-state index contributed by atoms with van der Waals surface area (Å²) in [7, 11) is 0. The van der Waals surface area contributed by atoms with Crippen molar-refractivity contribution in [3.63, 3.8) is 0 Å². The zero-order valence-electron chi connectivity index (χ0n) is 9.53. The van der Waals surface area contributed by atoms with Crippen LogP contribution < -0.4 is 11.3 Å². The van der Waals surface area contributed by atoms with E-state index in [2.05, 4.69) is 37.5 Å². The van der Waals surface area contributed by atoms with Gasteiger partial charge in [-0.25, -0.2) is 5.43 Å². The van der Waals surface area contributed by atoms with E-state index < -0.39 is 0 Å². The second-order valence-electron chi connectivity index (χ2n) is 3.90. The number of hydrogen-bond acceptors (Lipinski definition) is 3. The summed E-state index contributed by atoms with van der Waals surface area (Å²) in [4.78, 5) is 2.62. The third-order valence-corrected chi connectivity index (χ3v) is 3.99. The topological polar surface area (TPSA) is 38.0 Å². The van der Waals surface area contributed by atoms with Crippen LogP contribution in [0.4, 0.5) is 0 Å². The molecule has 1 aromatic carbocycles. The van der Waals surface area contributed by atoms with E-state index >= 15 is 0 Å². The van der Waals surface area contributed by atoms with Crippen molar-refractivity contribution < 1.29 is 0 Å². The van der Waals surface area contributed by atoms with Crippen molar-refractivity contribution in [3.05, 3.63) is 57.3 Å². The van der Waals surface area contributed by atoms with Gasteiger partial charge in [-0.15, -0.1) is 11.3 Å². The van der Waals surface area contributed by atoms with E-state index in [4.69, 9.17) is 5.84 Å². The minimum Gasteiger partial charge on any atom is -0.271 e. The first-order chi connectivity index (χ1) is 7.72. The van der Waals surface area contributed by atoms with E-state index in [9.17, 15) is 0 Å². The fourth-order valence-electron chi connectivity index (χ4n) is 1.73. The Balaban J connectivity index is 2.37. The summed E-state index contributed by atoms with van der Waals surface area (Å²) >= 11 is 1.80. The fourth-order valence-corrected chi connectivity index (χ4v) is 2.86. The molecule has 0 aliphatic heterocycles. The van der Waals surface area contributed by atoms with Crippen molar-refractivity contribution in [2.24, 2.45) is 5.84 Å². The summed E-state index contributed by atoms with van der Waals surface area (Å²) in [6, 6.07) is 12.6. The summed E-state index contributed by atoms with van der Waals surface area (Å²) in [5, 5.41) is 0. The minimum absolute atomic E-state index is 0.0959. The van der Waals surface area contributed by atoms with Gasteiger partial charge in [0.2, 0.25) is 0 Å². The summed E-state index contributed by atoms with van der Waals surface area (Å²) in [6.45, 7) is 4.27. The molecule has 1 heterocycles. The Morgan fingerprint density at radius 1 is 1.19 bits per heavy atom. The number of benzene rings is 1. The smallest absolute Gasteiger partial charge is 0.0802 e. The molecule has 0 bridgehead atoms. The summed E-state index contributed by atoms with van der Waals surface area (Å²) < 4.78 is 0. The Bertz CT molecular complexity index is 443. The Labute approximate surface area is 100 Å². The van der Waals surface area contributed by atoms with E-state index in [0.717, 1.165) is 0 Å². The van der Waals surface area contributed by atoms with Crippen LogP contribution in [0.1, 0.15) is 26.9 Å². The lowest BCUT2D eigenvalue weighted by Gasteiger charge is -2.14. The first-order valence-corrected chi connectivity index (χ1v) is 6.12. The first-order valence-electron chi connectivity index (χ1n) is 5.30. The summed E-state index contributed by atoms with van der Waals surface area (Å²) in [5.74, 6) is 5.65. The maximum absolute atomic E-state index is 5.65. The molecule has 0 fully saturated rings. The van der Waals surface area contributed by atoms with Crippen molar-refractivity contribution in [2.75, 3.05) is 0 Å². The highest BCUT2D eigenvalue weighted by Crippen LogP contribution is 2.29. The quantitative estimate of drug-likeness (QED) is 0.631. The molecule has 0 amide bonds. The molecule has 84 valence electrons. The van der Waals surface area contributed by atoms with Gasteiger partial charge in [-0.2, -0.15) is 0 Å². The van der Waals surface area contributed by atoms with Crippen LogP contribution in [0.25, 0.3) is 0 Å². The molecule has 2 aromatic rings. The molecule has 0 saturated carbocycles. The molecule has 1 atom stereocenters. The number of thiophene rings is 1. The average molecular weight is 232 g/mol. The number of nitrogens with one attached hydrogen (secondary N) is 1. The van der Waals surface area contributed by atoms with Crippen molar-refractivity contribution in [1.82, 2.24) is 5.43 Å². The first kappa shape index (κ1) is 11.3. The van der Waals surface area contributed by atoms with Crippen LogP contribution >= 0.6 is 11.3 Å². The van der Waals surface area contributed by atoms with E-state index in [0.29, 0.717) is 0 Å². The second kappa shape index (κ2) is 4.78. The molecule has 2 nitrogen and oxygen atoms in total. The lowest BCUT2D eigenvalue weighted by Crippen LogP contribution is -2.28. The van der Waals surface area contributed by atoms with Gasteiger partial charge in [0.1, 0.15) is 0 Å².